The van der Waals surface area contributed by atoms with Crippen LogP contribution in [-0.4, -0.2) is 48.5 Å². The fourth-order valence-corrected chi connectivity index (χ4v) is 3.28. The van der Waals surface area contributed by atoms with Gasteiger partial charge in [0.25, 0.3) is 11.8 Å². The van der Waals surface area contributed by atoms with Crippen LogP contribution in [0.15, 0.2) is 52.8 Å². The number of carbonyl (C=O) groups excluding carboxylic acids is 3. The first-order chi connectivity index (χ1) is 14.4. The summed E-state index contributed by atoms with van der Waals surface area (Å²) in [6.07, 6.45) is 0. The third-order valence-electron chi connectivity index (χ3n) is 4.68. The van der Waals surface area contributed by atoms with Crippen LogP contribution in [0.4, 0.5) is 20.2 Å². The Morgan fingerprint density at radius 2 is 1.93 bits per heavy atom. The maximum absolute atomic E-state index is 13.5. The van der Waals surface area contributed by atoms with E-state index in [1.807, 2.05) is 0 Å². The Morgan fingerprint density at radius 1 is 1.13 bits per heavy atom. The average molecular weight is 415 g/mol. The van der Waals surface area contributed by atoms with Gasteiger partial charge in [0.05, 0.1) is 12.8 Å². The summed E-state index contributed by atoms with van der Waals surface area (Å²) in [6, 6.07) is 7.07. The van der Waals surface area contributed by atoms with Gasteiger partial charge in [-0.3, -0.25) is 19.4 Å². The van der Waals surface area contributed by atoms with Crippen molar-refractivity contribution in [1.82, 2.24) is 5.01 Å². The fourth-order valence-electron chi connectivity index (χ4n) is 3.28. The molecule has 30 heavy (non-hydrogen) atoms. The lowest BCUT2D eigenvalue weighted by molar-refractivity contribution is -0.123. The van der Waals surface area contributed by atoms with Crippen LogP contribution in [0.1, 0.15) is 0 Å². The molecule has 0 radical (unpaired) electrons. The van der Waals surface area contributed by atoms with E-state index in [4.69, 9.17) is 4.74 Å². The van der Waals surface area contributed by atoms with Gasteiger partial charge < -0.3 is 10.1 Å². The van der Waals surface area contributed by atoms with Gasteiger partial charge in [0.1, 0.15) is 12.3 Å². The van der Waals surface area contributed by atoms with Gasteiger partial charge >= 0.3 is 0 Å². The molecule has 3 amide bonds. The van der Waals surface area contributed by atoms with Crippen LogP contribution in [0.3, 0.4) is 0 Å². The molecule has 2 heterocycles. The zero-order valence-corrected chi connectivity index (χ0v) is 15.6. The normalized spacial score (nSPS) is 20.0. The van der Waals surface area contributed by atoms with Crippen LogP contribution in [-0.2, 0) is 14.4 Å². The minimum Gasteiger partial charge on any atom is -0.497 e. The van der Waals surface area contributed by atoms with Gasteiger partial charge in [-0.15, -0.1) is 0 Å². The Morgan fingerprint density at radius 3 is 2.67 bits per heavy atom. The Balaban J connectivity index is 1.49. The second-order valence-electron chi connectivity index (χ2n) is 6.58. The van der Waals surface area contributed by atoms with Crippen LogP contribution in [0.25, 0.3) is 0 Å². The summed E-state index contributed by atoms with van der Waals surface area (Å²) in [5.41, 5.74) is 0.360. The number of hydrogen-bond acceptors (Lipinski definition) is 7. The van der Waals surface area contributed by atoms with E-state index in [9.17, 15) is 23.2 Å². The van der Waals surface area contributed by atoms with Crippen LogP contribution in [0.2, 0.25) is 0 Å². The molecule has 0 aromatic heterocycles. The lowest BCUT2D eigenvalue weighted by atomic mass is 10.1. The van der Waals surface area contributed by atoms with Gasteiger partial charge in [0, 0.05) is 17.8 Å². The summed E-state index contributed by atoms with van der Waals surface area (Å²) >= 11 is 0. The van der Waals surface area contributed by atoms with Gasteiger partial charge in [0.15, 0.2) is 23.7 Å². The number of halogens is 2. The fraction of sp³-hybridized carbons (Fsp3) is 0.211. The molecule has 2 atom stereocenters. The van der Waals surface area contributed by atoms with E-state index in [0.29, 0.717) is 11.4 Å². The SMILES string of the molecule is COc1cccc(NC(=O)CN2N=NC3C(=O)N(c4ccc(F)c(F)c4)C(=O)C32)c1. The molecule has 0 spiro atoms. The van der Waals surface area contributed by atoms with Gasteiger partial charge in [-0.2, -0.15) is 5.11 Å². The standard InChI is InChI=1S/C19H15F2N5O4/c1-30-12-4-2-3-10(7-12)22-15(27)9-25-17-16(23-24-25)18(28)26(19(17)29)11-5-6-13(20)14(21)8-11/h2-8,16-17H,9H2,1H3,(H,22,27). The minimum atomic E-state index is -1.19. The zero-order valence-electron chi connectivity index (χ0n) is 15.6. The van der Waals surface area contributed by atoms with Crippen molar-refractivity contribution in [3.63, 3.8) is 0 Å². The predicted molar refractivity (Wildman–Crippen MR) is 99.6 cm³/mol. The van der Waals surface area contributed by atoms with Crippen LogP contribution in [0.5, 0.6) is 5.75 Å². The molecule has 2 aliphatic rings. The Kier molecular flexibility index (Phi) is 4.86. The minimum absolute atomic E-state index is 0.116. The molecule has 2 aromatic carbocycles. The number of imide groups is 1. The van der Waals surface area contributed by atoms with Gasteiger partial charge in [-0.25, -0.2) is 13.7 Å². The lowest BCUT2D eigenvalue weighted by Gasteiger charge is -2.20. The zero-order chi connectivity index (χ0) is 21.4. The summed E-state index contributed by atoms with van der Waals surface area (Å²) in [5, 5.41) is 11.3. The van der Waals surface area contributed by atoms with E-state index in [2.05, 4.69) is 15.7 Å². The molecule has 0 bridgehead atoms. The molecule has 2 aliphatic heterocycles. The number of fused-ring (bicyclic) bond motifs is 1. The smallest absolute Gasteiger partial charge is 0.263 e. The summed E-state index contributed by atoms with van der Waals surface area (Å²) in [5.74, 6) is -3.69. The van der Waals surface area contributed by atoms with Crippen molar-refractivity contribution in [2.24, 2.45) is 10.3 Å². The van der Waals surface area contributed by atoms with E-state index >= 15 is 0 Å². The number of amides is 3. The monoisotopic (exact) mass is 415 g/mol. The molecule has 1 saturated heterocycles. The average Bonchev–Trinajstić information content (AvgIpc) is 3.24. The number of nitrogens with one attached hydrogen (secondary N) is 1. The summed E-state index contributed by atoms with van der Waals surface area (Å²) in [4.78, 5) is 38.5. The number of hydrogen-bond donors (Lipinski definition) is 1. The van der Waals surface area contributed by atoms with Crippen molar-refractivity contribution in [3.8, 4) is 5.75 Å². The lowest BCUT2D eigenvalue weighted by Crippen LogP contribution is -2.43. The molecule has 0 aliphatic carbocycles. The van der Waals surface area contributed by atoms with E-state index in [0.717, 1.165) is 28.1 Å². The number of rotatable bonds is 5. The molecular formula is C19H15F2N5O4. The van der Waals surface area contributed by atoms with Crippen LogP contribution < -0.4 is 15.0 Å². The number of nitrogens with zero attached hydrogens (tertiary/aromatic N) is 4. The molecule has 4 rings (SSSR count). The van der Waals surface area contributed by atoms with Crippen molar-refractivity contribution in [1.29, 1.82) is 0 Å². The summed E-state index contributed by atoms with van der Waals surface area (Å²) in [7, 11) is 1.49. The molecule has 1 N–H and O–H groups in total. The van der Waals surface area contributed by atoms with E-state index in [-0.39, 0.29) is 12.2 Å². The Hall–Kier alpha value is -3.89. The first-order valence-electron chi connectivity index (χ1n) is 8.83. The summed E-state index contributed by atoms with van der Waals surface area (Å²) in [6.45, 7) is -0.341. The molecule has 2 aromatic rings. The largest absolute Gasteiger partial charge is 0.497 e. The molecule has 2 unspecified atom stereocenters. The quantitative estimate of drug-likeness (QED) is 0.752. The third kappa shape index (κ3) is 3.34. The predicted octanol–water partition coefficient (Wildman–Crippen LogP) is 1.91. The van der Waals surface area contributed by atoms with Crippen molar-refractivity contribution >= 4 is 29.1 Å². The third-order valence-corrected chi connectivity index (χ3v) is 4.68. The number of methoxy groups -OCH3 is 1. The first-order valence-corrected chi connectivity index (χ1v) is 8.83. The van der Waals surface area contributed by atoms with Crippen molar-refractivity contribution in [2.45, 2.75) is 12.1 Å². The van der Waals surface area contributed by atoms with E-state index < -0.39 is 41.4 Å². The Bertz CT molecular complexity index is 1080. The molecule has 0 saturated carbocycles. The molecule has 1 fully saturated rings. The highest BCUT2D eigenvalue weighted by atomic mass is 19.2. The second kappa shape index (κ2) is 7.50. The van der Waals surface area contributed by atoms with Crippen LogP contribution >= 0.6 is 0 Å². The number of carbonyl (C=O) groups is 3. The molecule has 11 heteroatoms. The van der Waals surface area contributed by atoms with Gasteiger partial charge in [0.2, 0.25) is 5.91 Å². The highest BCUT2D eigenvalue weighted by Gasteiger charge is 2.55. The van der Waals surface area contributed by atoms with Crippen molar-refractivity contribution in [3.05, 3.63) is 54.1 Å². The van der Waals surface area contributed by atoms with Crippen LogP contribution in [0, 0.1) is 11.6 Å². The topological polar surface area (TPSA) is 104 Å². The van der Waals surface area contributed by atoms with E-state index in [1.165, 1.54) is 7.11 Å². The second-order valence-corrected chi connectivity index (χ2v) is 6.58. The highest BCUT2D eigenvalue weighted by Crippen LogP contribution is 2.32. The van der Waals surface area contributed by atoms with Crippen molar-refractivity contribution < 1.29 is 27.9 Å². The number of benzene rings is 2. The maximum atomic E-state index is 13.5. The van der Waals surface area contributed by atoms with E-state index in [1.54, 1.807) is 24.3 Å². The molecular weight excluding hydrogens is 400 g/mol. The van der Waals surface area contributed by atoms with Gasteiger partial charge in [-0.05, 0) is 24.3 Å². The van der Waals surface area contributed by atoms with Crippen molar-refractivity contribution in [2.75, 3.05) is 23.9 Å². The molecule has 154 valence electrons. The molecule has 9 nitrogen and oxygen atoms in total. The van der Waals surface area contributed by atoms with Gasteiger partial charge in [-0.1, -0.05) is 11.3 Å². The Labute approximate surface area is 168 Å². The summed E-state index contributed by atoms with van der Waals surface area (Å²) < 4.78 is 31.8. The number of ether oxygens (including phenoxy) is 1. The highest BCUT2D eigenvalue weighted by molar-refractivity contribution is 6.25. The maximum Gasteiger partial charge on any atom is 0.263 e. The first kappa shape index (κ1) is 19.4. The number of anilines is 2.